The largest absolute Gasteiger partial charge is 0.312 e. The Bertz CT molecular complexity index is 284. The van der Waals surface area contributed by atoms with Crippen molar-refractivity contribution in [3.8, 4) is 0 Å². The summed E-state index contributed by atoms with van der Waals surface area (Å²) in [6.45, 7) is 13.3. The van der Waals surface area contributed by atoms with Gasteiger partial charge in [-0.25, -0.2) is 0 Å². The van der Waals surface area contributed by atoms with Crippen molar-refractivity contribution < 1.29 is 0 Å². The van der Waals surface area contributed by atoms with Gasteiger partial charge in [-0.3, -0.25) is 4.90 Å². The van der Waals surface area contributed by atoms with Crippen LogP contribution in [0.5, 0.6) is 0 Å². The molecule has 1 saturated heterocycles. The van der Waals surface area contributed by atoms with E-state index in [2.05, 4.69) is 42.9 Å². The van der Waals surface area contributed by atoms with E-state index in [1.54, 1.807) is 0 Å². The van der Waals surface area contributed by atoms with Crippen molar-refractivity contribution in [3.63, 3.8) is 0 Å². The minimum atomic E-state index is 0.707. The molecule has 21 heavy (non-hydrogen) atoms. The summed E-state index contributed by atoms with van der Waals surface area (Å²) in [5, 5.41) is 3.96. The maximum absolute atomic E-state index is 3.96. The molecule has 1 saturated carbocycles. The van der Waals surface area contributed by atoms with Gasteiger partial charge >= 0.3 is 0 Å². The maximum Gasteiger partial charge on any atom is 0.0244 e. The zero-order valence-electron chi connectivity index (χ0n) is 14.8. The zero-order chi connectivity index (χ0) is 15.2. The Hall–Kier alpha value is -0.120. The average molecular weight is 296 g/mol. The molecule has 0 spiro atoms. The van der Waals surface area contributed by atoms with E-state index < -0.39 is 0 Å². The second-order valence-corrected chi connectivity index (χ2v) is 7.62. The summed E-state index contributed by atoms with van der Waals surface area (Å²) in [5.41, 5.74) is 0. The van der Waals surface area contributed by atoms with Gasteiger partial charge in [0.1, 0.15) is 0 Å². The third-order valence-corrected chi connectivity index (χ3v) is 5.80. The molecule has 2 fully saturated rings. The second-order valence-electron chi connectivity index (χ2n) is 7.62. The van der Waals surface area contributed by atoms with E-state index in [1.807, 2.05) is 0 Å². The molecule has 0 aromatic carbocycles. The molecule has 0 aromatic rings. The first kappa shape index (κ1) is 17.2. The summed E-state index contributed by atoms with van der Waals surface area (Å²) < 4.78 is 0. The predicted molar refractivity (Wildman–Crippen MR) is 91.7 cm³/mol. The Morgan fingerprint density at radius 1 is 1.05 bits per heavy atom. The smallest absolute Gasteiger partial charge is 0.0244 e. The highest BCUT2D eigenvalue weighted by atomic mass is 15.3. The first-order chi connectivity index (χ1) is 10.1. The lowest BCUT2D eigenvalue weighted by atomic mass is 9.82. The lowest BCUT2D eigenvalue weighted by Gasteiger charge is -2.41. The van der Waals surface area contributed by atoms with Crippen molar-refractivity contribution in [2.45, 2.75) is 65.0 Å². The summed E-state index contributed by atoms with van der Waals surface area (Å²) in [7, 11) is 2.24. The Morgan fingerprint density at radius 3 is 2.33 bits per heavy atom. The van der Waals surface area contributed by atoms with Crippen LogP contribution in [0.15, 0.2) is 0 Å². The van der Waals surface area contributed by atoms with Crippen LogP contribution >= 0.6 is 0 Å². The monoisotopic (exact) mass is 295 g/mol. The van der Waals surface area contributed by atoms with Crippen LogP contribution in [-0.2, 0) is 0 Å². The third kappa shape index (κ3) is 4.94. The van der Waals surface area contributed by atoms with Crippen LogP contribution in [0.4, 0.5) is 0 Å². The zero-order valence-corrected chi connectivity index (χ0v) is 14.8. The molecule has 0 amide bonds. The van der Waals surface area contributed by atoms with Crippen LogP contribution in [0.25, 0.3) is 0 Å². The van der Waals surface area contributed by atoms with Crippen LogP contribution in [0, 0.1) is 11.8 Å². The molecule has 2 aliphatic rings. The van der Waals surface area contributed by atoms with Crippen LogP contribution in [0.3, 0.4) is 0 Å². The minimum absolute atomic E-state index is 0.707. The SMILES string of the molecule is CCC1CCCCC1NCC(C(C)C)N1CCN(C)CC1. The van der Waals surface area contributed by atoms with E-state index in [4.69, 9.17) is 0 Å². The van der Waals surface area contributed by atoms with Crippen LogP contribution in [0.2, 0.25) is 0 Å². The van der Waals surface area contributed by atoms with Crippen LogP contribution < -0.4 is 5.32 Å². The number of hydrogen-bond acceptors (Lipinski definition) is 3. The van der Waals surface area contributed by atoms with Gasteiger partial charge in [0.2, 0.25) is 0 Å². The lowest BCUT2D eigenvalue weighted by molar-refractivity contribution is 0.0826. The van der Waals surface area contributed by atoms with Crippen molar-refractivity contribution in [2.24, 2.45) is 11.8 Å². The fraction of sp³-hybridized carbons (Fsp3) is 1.00. The van der Waals surface area contributed by atoms with Gasteiger partial charge in [-0.15, -0.1) is 0 Å². The van der Waals surface area contributed by atoms with E-state index >= 15 is 0 Å². The van der Waals surface area contributed by atoms with Crippen molar-refractivity contribution in [2.75, 3.05) is 39.8 Å². The number of nitrogens with zero attached hydrogens (tertiary/aromatic N) is 2. The standard InChI is InChI=1S/C18H37N3/c1-5-16-8-6-7-9-17(16)19-14-18(15(2)3)21-12-10-20(4)11-13-21/h15-19H,5-14H2,1-4H3. The quantitative estimate of drug-likeness (QED) is 0.813. The molecule has 3 nitrogen and oxygen atoms in total. The number of rotatable bonds is 6. The Kier molecular flexibility index (Phi) is 6.97. The number of likely N-dealkylation sites (N-methyl/N-ethyl adjacent to an activating group) is 1. The van der Waals surface area contributed by atoms with Crippen molar-refractivity contribution in [1.82, 2.24) is 15.1 Å². The van der Waals surface area contributed by atoms with Crippen LogP contribution in [-0.4, -0.2) is 61.7 Å². The maximum atomic E-state index is 3.96. The summed E-state index contributed by atoms with van der Waals surface area (Å²) in [6, 6.07) is 1.48. The first-order valence-corrected chi connectivity index (χ1v) is 9.27. The molecule has 1 aliphatic heterocycles. The molecule has 1 N–H and O–H groups in total. The third-order valence-electron chi connectivity index (χ3n) is 5.80. The van der Waals surface area contributed by atoms with Crippen LogP contribution in [0.1, 0.15) is 52.9 Å². The highest BCUT2D eigenvalue weighted by molar-refractivity contribution is 4.86. The van der Waals surface area contributed by atoms with Gasteiger partial charge < -0.3 is 10.2 Å². The highest BCUT2D eigenvalue weighted by Gasteiger charge is 2.28. The Balaban J connectivity index is 1.84. The van der Waals surface area contributed by atoms with Gasteiger partial charge in [-0.05, 0) is 31.7 Å². The second kappa shape index (κ2) is 8.50. The molecule has 0 aromatic heterocycles. The lowest BCUT2D eigenvalue weighted by Crippen LogP contribution is -2.55. The summed E-state index contributed by atoms with van der Waals surface area (Å²) in [6.07, 6.45) is 7.05. The predicted octanol–water partition coefficient (Wildman–Crippen LogP) is 2.82. The molecule has 0 radical (unpaired) electrons. The molecule has 2 rings (SSSR count). The normalized spacial score (nSPS) is 30.7. The topological polar surface area (TPSA) is 18.5 Å². The van der Waals surface area contributed by atoms with Crippen molar-refractivity contribution in [3.05, 3.63) is 0 Å². The molecule has 0 bridgehead atoms. The molecular formula is C18H37N3. The fourth-order valence-corrected chi connectivity index (χ4v) is 4.18. The number of piperazine rings is 1. The fourth-order valence-electron chi connectivity index (χ4n) is 4.18. The van der Waals surface area contributed by atoms with Gasteiger partial charge in [0, 0.05) is 44.8 Å². The Morgan fingerprint density at radius 2 is 1.71 bits per heavy atom. The van der Waals surface area contributed by atoms with E-state index in [0.717, 1.165) is 17.9 Å². The van der Waals surface area contributed by atoms with Gasteiger partial charge in [-0.2, -0.15) is 0 Å². The van der Waals surface area contributed by atoms with E-state index in [9.17, 15) is 0 Å². The molecular weight excluding hydrogens is 258 g/mol. The first-order valence-electron chi connectivity index (χ1n) is 9.27. The highest BCUT2D eigenvalue weighted by Crippen LogP contribution is 2.27. The molecule has 1 heterocycles. The van der Waals surface area contributed by atoms with Gasteiger partial charge in [0.05, 0.1) is 0 Å². The molecule has 3 unspecified atom stereocenters. The minimum Gasteiger partial charge on any atom is -0.312 e. The summed E-state index contributed by atoms with van der Waals surface area (Å²) in [4.78, 5) is 5.18. The van der Waals surface area contributed by atoms with E-state index in [0.29, 0.717) is 6.04 Å². The van der Waals surface area contributed by atoms with Gasteiger partial charge in [-0.1, -0.05) is 40.0 Å². The molecule has 3 heteroatoms. The molecule has 3 atom stereocenters. The number of hydrogen-bond donors (Lipinski definition) is 1. The van der Waals surface area contributed by atoms with Gasteiger partial charge in [0.25, 0.3) is 0 Å². The van der Waals surface area contributed by atoms with Crippen molar-refractivity contribution >= 4 is 0 Å². The van der Waals surface area contributed by atoms with Gasteiger partial charge in [0.15, 0.2) is 0 Å². The number of nitrogens with one attached hydrogen (secondary N) is 1. The average Bonchev–Trinajstić information content (AvgIpc) is 2.49. The summed E-state index contributed by atoms with van der Waals surface area (Å²) >= 11 is 0. The molecule has 1 aliphatic carbocycles. The van der Waals surface area contributed by atoms with E-state index in [-0.39, 0.29) is 0 Å². The molecule has 124 valence electrons. The Labute approximate surface area is 132 Å². The van der Waals surface area contributed by atoms with Crippen molar-refractivity contribution in [1.29, 1.82) is 0 Å². The summed E-state index contributed by atoms with van der Waals surface area (Å²) in [5.74, 6) is 1.66. The van der Waals surface area contributed by atoms with E-state index in [1.165, 1.54) is 64.8 Å².